The van der Waals surface area contributed by atoms with Gasteiger partial charge >= 0.3 is 0 Å². The van der Waals surface area contributed by atoms with Gasteiger partial charge in [-0.2, -0.15) is 0 Å². The second-order valence-electron chi connectivity index (χ2n) is 15.7. The van der Waals surface area contributed by atoms with E-state index in [2.05, 4.69) is 114 Å². The molecule has 5 aromatic carbocycles. The third kappa shape index (κ3) is 7.54. The molecular formula is C44H52O5SSi2. The van der Waals surface area contributed by atoms with E-state index in [0.29, 0.717) is 0 Å². The SMILES string of the molecule is CC(C)(C)[Si](OC[C@H]1O[C@H](Sc2ccccc2)[C@H](O)[C@@H](O[Si](c2ccccc2)(c2ccccc2)C(C)(C)C)[C@@H]1O)(c1ccccc1)c1ccccc1. The fraction of sp³-hybridized carbons (Fsp3) is 0.318. The summed E-state index contributed by atoms with van der Waals surface area (Å²) in [6.45, 7) is 13.5. The van der Waals surface area contributed by atoms with E-state index in [1.165, 1.54) is 11.8 Å². The van der Waals surface area contributed by atoms with Crippen LogP contribution in [0.5, 0.6) is 0 Å². The van der Waals surface area contributed by atoms with Gasteiger partial charge in [0, 0.05) is 4.90 Å². The molecule has 1 fully saturated rings. The second kappa shape index (κ2) is 16.0. The van der Waals surface area contributed by atoms with Crippen LogP contribution < -0.4 is 20.7 Å². The van der Waals surface area contributed by atoms with Gasteiger partial charge in [-0.25, -0.2) is 0 Å². The van der Waals surface area contributed by atoms with E-state index in [4.69, 9.17) is 13.6 Å². The first-order valence-corrected chi connectivity index (χ1v) is 22.9. The van der Waals surface area contributed by atoms with Crippen LogP contribution in [-0.4, -0.2) is 63.3 Å². The van der Waals surface area contributed by atoms with Crippen LogP contribution in [0.1, 0.15) is 41.5 Å². The number of rotatable bonds is 11. The summed E-state index contributed by atoms with van der Waals surface area (Å²) in [5.74, 6) is 0. The minimum Gasteiger partial charge on any atom is -0.405 e. The highest BCUT2D eigenvalue weighted by Crippen LogP contribution is 2.42. The first kappa shape index (κ1) is 38.4. The maximum Gasteiger partial charge on any atom is 0.261 e. The molecule has 0 unspecified atom stereocenters. The molecule has 52 heavy (non-hydrogen) atoms. The Labute approximate surface area is 316 Å². The lowest BCUT2D eigenvalue weighted by molar-refractivity contribution is -0.199. The second-order valence-corrected chi connectivity index (χ2v) is 25.4. The average Bonchev–Trinajstić information content (AvgIpc) is 3.14. The summed E-state index contributed by atoms with van der Waals surface area (Å²) in [5, 5.41) is 28.6. The van der Waals surface area contributed by atoms with Crippen LogP contribution in [0, 0.1) is 0 Å². The smallest absolute Gasteiger partial charge is 0.261 e. The molecule has 1 aliphatic heterocycles. The third-order valence-electron chi connectivity index (χ3n) is 10.2. The maximum atomic E-state index is 12.5. The van der Waals surface area contributed by atoms with Crippen molar-refractivity contribution < 1.29 is 23.8 Å². The van der Waals surface area contributed by atoms with Crippen LogP contribution in [-0.2, 0) is 13.6 Å². The lowest BCUT2D eigenvalue weighted by Gasteiger charge is -2.51. The standard InChI is InChI=1S/C44H52O5SSi2/c1-43(2,3)51(34-24-14-8-15-25-34,35-26-16-9-17-27-35)47-32-38-39(45)41(40(46)42(48-38)50-33-22-12-7-13-23-33)49-52(44(4,5)6,36-28-18-10-19-29-36)37-30-20-11-21-31-37/h7-31,38-42,45-46H,32H2,1-6H3/t38-,39-,40-,41+,42-/m1/s1. The van der Waals surface area contributed by atoms with Crippen molar-refractivity contribution in [3.05, 3.63) is 152 Å². The van der Waals surface area contributed by atoms with Gasteiger partial charge in [0.1, 0.15) is 29.9 Å². The number of benzene rings is 5. The summed E-state index contributed by atoms with van der Waals surface area (Å²) in [4.78, 5) is 0.957. The van der Waals surface area contributed by atoms with Gasteiger partial charge in [0.2, 0.25) is 0 Å². The Morgan fingerprint density at radius 1 is 0.538 bits per heavy atom. The number of thioether (sulfide) groups is 1. The number of hydrogen-bond acceptors (Lipinski definition) is 6. The molecule has 5 nitrogen and oxygen atoms in total. The van der Waals surface area contributed by atoms with Crippen LogP contribution in [0.15, 0.2) is 157 Å². The van der Waals surface area contributed by atoms with Crippen molar-refractivity contribution >= 4 is 49.1 Å². The van der Waals surface area contributed by atoms with Crippen molar-refractivity contribution in [3.8, 4) is 0 Å². The van der Waals surface area contributed by atoms with Gasteiger partial charge in [-0.3, -0.25) is 0 Å². The van der Waals surface area contributed by atoms with E-state index in [9.17, 15) is 10.2 Å². The molecule has 8 heteroatoms. The third-order valence-corrected chi connectivity index (χ3v) is 21.5. The lowest BCUT2D eigenvalue weighted by Crippen LogP contribution is -2.72. The molecular weight excluding hydrogens is 697 g/mol. The normalized spacial score (nSPS) is 21.5. The van der Waals surface area contributed by atoms with Crippen molar-refractivity contribution in [2.75, 3.05) is 6.61 Å². The van der Waals surface area contributed by atoms with Crippen molar-refractivity contribution in [2.45, 2.75) is 86.4 Å². The van der Waals surface area contributed by atoms with Crippen LogP contribution in [0.2, 0.25) is 10.1 Å². The molecule has 6 rings (SSSR count). The van der Waals surface area contributed by atoms with Gasteiger partial charge in [0.15, 0.2) is 0 Å². The van der Waals surface area contributed by atoms with E-state index >= 15 is 0 Å². The van der Waals surface area contributed by atoms with Crippen molar-refractivity contribution in [1.82, 2.24) is 0 Å². The van der Waals surface area contributed by atoms with Crippen LogP contribution in [0.25, 0.3) is 0 Å². The summed E-state index contributed by atoms with van der Waals surface area (Å²) >= 11 is 1.45. The molecule has 5 atom stereocenters. The molecule has 0 bridgehead atoms. The zero-order chi connectivity index (χ0) is 37.0. The van der Waals surface area contributed by atoms with Gasteiger partial charge in [0.25, 0.3) is 16.6 Å². The molecule has 5 aromatic rings. The quantitative estimate of drug-likeness (QED) is 0.146. The van der Waals surface area contributed by atoms with Crippen molar-refractivity contribution in [2.24, 2.45) is 0 Å². The molecule has 1 heterocycles. The molecule has 0 amide bonds. The van der Waals surface area contributed by atoms with Gasteiger partial charge in [-0.05, 0) is 43.0 Å². The predicted octanol–water partition coefficient (Wildman–Crippen LogP) is 6.75. The van der Waals surface area contributed by atoms with Gasteiger partial charge in [0.05, 0.1) is 6.61 Å². The topological polar surface area (TPSA) is 68.2 Å². The largest absolute Gasteiger partial charge is 0.405 e. The van der Waals surface area contributed by atoms with Crippen LogP contribution >= 0.6 is 11.8 Å². The Balaban J connectivity index is 1.45. The highest BCUT2D eigenvalue weighted by Gasteiger charge is 2.57. The van der Waals surface area contributed by atoms with Crippen LogP contribution in [0.4, 0.5) is 0 Å². The Bertz CT molecular complexity index is 1760. The van der Waals surface area contributed by atoms with Gasteiger partial charge in [-0.15, -0.1) is 0 Å². The molecule has 2 N–H and O–H groups in total. The fourth-order valence-corrected chi connectivity index (χ4v) is 18.1. The van der Waals surface area contributed by atoms with Gasteiger partial charge < -0.3 is 23.8 Å². The maximum absolute atomic E-state index is 12.5. The molecule has 0 aromatic heterocycles. The van der Waals surface area contributed by atoms with E-state index in [1.54, 1.807) is 0 Å². The Kier molecular flexibility index (Phi) is 11.8. The summed E-state index contributed by atoms with van der Waals surface area (Å²) in [7, 11) is -6.16. The monoisotopic (exact) mass is 748 g/mol. The number of aliphatic hydroxyl groups is 2. The summed E-state index contributed by atoms with van der Waals surface area (Å²) in [6.07, 6.45) is -4.06. The Hall–Kier alpha value is -3.32. The first-order chi connectivity index (χ1) is 24.9. The summed E-state index contributed by atoms with van der Waals surface area (Å²) < 4.78 is 21.6. The predicted molar refractivity (Wildman–Crippen MR) is 219 cm³/mol. The van der Waals surface area contributed by atoms with E-state index in [1.807, 2.05) is 78.9 Å². The summed E-state index contributed by atoms with van der Waals surface area (Å²) in [5.41, 5.74) is -0.721. The van der Waals surface area contributed by atoms with Crippen LogP contribution in [0.3, 0.4) is 0 Å². The summed E-state index contributed by atoms with van der Waals surface area (Å²) in [6, 6.07) is 51.6. The molecule has 1 saturated heterocycles. The molecule has 0 saturated carbocycles. The molecule has 0 spiro atoms. The highest BCUT2D eigenvalue weighted by atomic mass is 32.2. The minimum absolute atomic E-state index is 0.119. The Morgan fingerprint density at radius 2 is 0.904 bits per heavy atom. The Morgan fingerprint density at radius 3 is 1.29 bits per heavy atom. The van der Waals surface area contributed by atoms with E-state index in [-0.39, 0.29) is 16.7 Å². The minimum atomic E-state index is -3.18. The van der Waals surface area contributed by atoms with Gasteiger partial charge in [-0.1, -0.05) is 193 Å². The lowest BCUT2D eigenvalue weighted by atomic mass is 10.0. The number of aliphatic hydroxyl groups excluding tert-OH is 2. The van der Waals surface area contributed by atoms with Crippen molar-refractivity contribution in [3.63, 3.8) is 0 Å². The average molecular weight is 749 g/mol. The molecule has 1 aliphatic rings. The van der Waals surface area contributed by atoms with Crippen molar-refractivity contribution in [1.29, 1.82) is 0 Å². The fourth-order valence-electron chi connectivity index (χ4n) is 7.77. The van der Waals surface area contributed by atoms with E-state index in [0.717, 1.165) is 25.6 Å². The molecule has 0 radical (unpaired) electrons. The highest BCUT2D eigenvalue weighted by molar-refractivity contribution is 7.99. The number of hydrogen-bond donors (Lipinski definition) is 2. The van der Waals surface area contributed by atoms with E-state index < -0.39 is 46.5 Å². The first-order valence-electron chi connectivity index (χ1n) is 18.2. The molecule has 0 aliphatic carbocycles. The molecule has 272 valence electrons. The number of ether oxygens (including phenoxy) is 1. The zero-order valence-corrected chi connectivity index (χ0v) is 33.9. The zero-order valence-electron chi connectivity index (χ0n) is 31.1.